The van der Waals surface area contributed by atoms with E-state index in [-0.39, 0.29) is 5.91 Å². The van der Waals surface area contributed by atoms with Gasteiger partial charge in [0.05, 0.1) is 16.3 Å². The first kappa shape index (κ1) is 20.2. The first-order valence-corrected chi connectivity index (χ1v) is 11.1. The Morgan fingerprint density at radius 1 is 0.833 bits per heavy atom. The number of carbonyl (C=O) groups excluding carboxylic acids is 1. The van der Waals surface area contributed by atoms with Gasteiger partial charge in [0.2, 0.25) is 0 Å². The number of aryl methyl sites for hydroxylation is 2. The summed E-state index contributed by atoms with van der Waals surface area (Å²) in [6.45, 7) is 4.23. The molecule has 1 amide bonds. The highest BCUT2D eigenvalue weighted by Crippen LogP contribution is 2.39. The number of amidine groups is 1. The van der Waals surface area contributed by atoms with Gasteiger partial charge in [-0.15, -0.1) is 0 Å². The second-order valence-corrected chi connectivity index (χ2v) is 8.03. The minimum atomic E-state index is -0.0301. The molecule has 4 rings (SSSR count). The van der Waals surface area contributed by atoms with Crippen molar-refractivity contribution in [1.29, 1.82) is 0 Å². The number of thioether (sulfide) groups is 1. The summed E-state index contributed by atoms with van der Waals surface area (Å²) in [5.41, 5.74) is 5.12. The van der Waals surface area contributed by atoms with Crippen LogP contribution in [0.3, 0.4) is 0 Å². The molecule has 3 aromatic carbocycles. The maximum absolute atomic E-state index is 13.5. The van der Waals surface area contributed by atoms with E-state index in [0.717, 1.165) is 35.3 Å². The summed E-state index contributed by atoms with van der Waals surface area (Å²) in [4.78, 5) is 20.9. The summed E-state index contributed by atoms with van der Waals surface area (Å²) in [7, 11) is 0. The molecular weight excluding hydrogens is 388 g/mol. The summed E-state index contributed by atoms with van der Waals surface area (Å²) < 4.78 is 0. The Morgan fingerprint density at radius 3 is 2.20 bits per heavy atom. The first-order chi connectivity index (χ1) is 14.7. The maximum Gasteiger partial charge on any atom is 0.271 e. The Labute approximate surface area is 182 Å². The van der Waals surface area contributed by atoms with Crippen LogP contribution in [0.5, 0.6) is 0 Å². The van der Waals surface area contributed by atoms with Crippen molar-refractivity contribution in [2.75, 3.05) is 4.90 Å². The van der Waals surface area contributed by atoms with Crippen molar-refractivity contribution in [2.24, 2.45) is 4.99 Å². The molecule has 0 unspecified atom stereocenters. The van der Waals surface area contributed by atoms with Crippen molar-refractivity contribution in [1.82, 2.24) is 0 Å². The lowest BCUT2D eigenvalue weighted by Crippen LogP contribution is -2.29. The van der Waals surface area contributed by atoms with Gasteiger partial charge in [0.1, 0.15) is 0 Å². The van der Waals surface area contributed by atoms with E-state index in [9.17, 15) is 4.79 Å². The molecule has 0 aromatic heterocycles. The van der Waals surface area contributed by atoms with Gasteiger partial charge in [0.15, 0.2) is 5.17 Å². The monoisotopic (exact) mass is 412 g/mol. The molecule has 0 spiro atoms. The van der Waals surface area contributed by atoms with E-state index in [2.05, 4.69) is 26.0 Å². The fourth-order valence-electron chi connectivity index (χ4n) is 3.51. The van der Waals surface area contributed by atoms with Gasteiger partial charge < -0.3 is 0 Å². The number of anilines is 1. The molecule has 4 heteroatoms. The fraction of sp³-hybridized carbons (Fsp3) is 0.154. The number of aliphatic imine (C=N–C) groups is 1. The number of benzene rings is 3. The Morgan fingerprint density at radius 2 is 1.47 bits per heavy atom. The van der Waals surface area contributed by atoms with E-state index in [4.69, 9.17) is 4.99 Å². The summed E-state index contributed by atoms with van der Waals surface area (Å²) >= 11 is 1.44. The number of hydrogen-bond acceptors (Lipinski definition) is 3. The summed E-state index contributed by atoms with van der Waals surface area (Å²) in [5, 5.41) is 0.698. The Balaban J connectivity index is 1.84. The number of hydrogen-bond donors (Lipinski definition) is 0. The molecule has 3 aromatic rings. The quantitative estimate of drug-likeness (QED) is 0.441. The molecule has 1 heterocycles. The van der Waals surface area contributed by atoms with Gasteiger partial charge in [-0.3, -0.25) is 9.69 Å². The molecule has 3 nitrogen and oxygen atoms in total. The predicted octanol–water partition coefficient (Wildman–Crippen LogP) is 6.62. The smallest absolute Gasteiger partial charge is 0.268 e. The van der Waals surface area contributed by atoms with Crippen molar-refractivity contribution in [3.63, 3.8) is 0 Å². The Bertz CT molecular complexity index is 1120. The molecule has 30 heavy (non-hydrogen) atoms. The molecule has 0 bridgehead atoms. The second kappa shape index (κ2) is 9.14. The van der Waals surface area contributed by atoms with Crippen LogP contribution in [-0.2, 0) is 17.6 Å². The van der Waals surface area contributed by atoms with Crippen molar-refractivity contribution in [3.05, 3.63) is 100 Å². The second-order valence-electron chi connectivity index (χ2n) is 7.02. The average Bonchev–Trinajstić information content (AvgIpc) is 3.09. The van der Waals surface area contributed by atoms with E-state index in [1.54, 1.807) is 4.90 Å². The molecule has 0 atom stereocenters. The predicted molar refractivity (Wildman–Crippen MR) is 128 cm³/mol. The molecule has 1 saturated heterocycles. The van der Waals surface area contributed by atoms with Gasteiger partial charge in [-0.2, -0.15) is 0 Å². The lowest BCUT2D eigenvalue weighted by atomic mass is 10.1. The molecule has 150 valence electrons. The van der Waals surface area contributed by atoms with Crippen LogP contribution >= 0.6 is 11.8 Å². The average molecular weight is 413 g/mol. The van der Waals surface area contributed by atoms with Gasteiger partial charge in [-0.25, -0.2) is 4.99 Å². The zero-order valence-corrected chi connectivity index (χ0v) is 18.0. The molecule has 0 radical (unpaired) electrons. The van der Waals surface area contributed by atoms with Crippen LogP contribution in [0, 0.1) is 0 Å². The minimum absolute atomic E-state index is 0.0301. The zero-order chi connectivity index (χ0) is 20.9. The number of carbonyl (C=O) groups is 1. The highest BCUT2D eigenvalue weighted by molar-refractivity contribution is 8.19. The van der Waals surface area contributed by atoms with Crippen LogP contribution in [0.4, 0.5) is 11.4 Å². The van der Waals surface area contributed by atoms with Crippen LogP contribution in [0.2, 0.25) is 0 Å². The minimum Gasteiger partial charge on any atom is -0.268 e. The maximum atomic E-state index is 13.5. The molecule has 1 fully saturated rings. The number of rotatable bonds is 5. The Kier molecular flexibility index (Phi) is 6.15. The zero-order valence-electron chi connectivity index (χ0n) is 17.2. The van der Waals surface area contributed by atoms with E-state index in [1.165, 1.54) is 17.3 Å². The van der Waals surface area contributed by atoms with Crippen molar-refractivity contribution in [2.45, 2.75) is 26.7 Å². The third kappa shape index (κ3) is 4.10. The Hall–Kier alpha value is -3.11. The largest absolute Gasteiger partial charge is 0.271 e. The summed E-state index contributed by atoms with van der Waals surface area (Å²) in [5.74, 6) is -0.0301. The number of para-hydroxylation sites is 2. The molecule has 1 aliphatic rings. The molecule has 1 aliphatic heterocycles. The lowest BCUT2D eigenvalue weighted by Gasteiger charge is -2.19. The van der Waals surface area contributed by atoms with Gasteiger partial charge in [-0.1, -0.05) is 80.6 Å². The van der Waals surface area contributed by atoms with E-state index >= 15 is 0 Å². The van der Waals surface area contributed by atoms with Crippen LogP contribution in [0.25, 0.3) is 6.08 Å². The normalized spacial score (nSPS) is 16.6. The molecule has 0 saturated carbocycles. The molecule has 0 N–H and O–H groups in total. The van der Waals surface area contributed by atoms with Gasteiger partial charge in [-0.05, 0) is 59.5 Å². The van der Waals surface area contributed by atoms with Gasteiger partial charge in [0, 0.05) is 0 Å². The summed E-state index contributed by atoms with van der Waals surface area (Å²) in [6, 6.07) is 26.1. The standard InChI is InChI=1S/C26H24N2OS/c1-3-20-14-8-10-16-22(20)27-26-28(23-17-11-9-15-21(23)4-2)25(29)24(30-26)18-19-12-6-5-7-13-19/h5-18H,3-4H2,1-2H3/b24-18+,27-26?. The first-order valence-electron chi connectivity index (χ1n) is 10.2. The fourth-order valence-corrected chi connectivity index (χ4v) is 4.50. The summed E-state index contributed by atoms with van der Waals surface area (Å²) in [6.07, 6.45) is 3.69. The van der Waals surface area contributed by atoms with Crippen LogP contribution in [-0.4, -0.2) is 11.1 Å². The highest BCUT2D eigenvalue weighted by atomic mass is 32.2. The third-order valence-electron chi connectivity index (χ3n) is 5.11. The van der Waals surface area contributed by atoms with Gasteiger partial charge in [0.25, 0.3) is 5.91 Å². The molecular formula is C26H24N2OS. The molecule has 0 aliphatic carbocycles. The van der Waals surface area contributed by atoms with Crippen LogP contribution in [0.1, 0.15) is 30.5 Å². The van der Waals surface area contributed by atoms with E-state index in [1.807, 2.05) is 72.8 Å². The van der Waals surface area contributed by atoms with Crippen molar-refractivity contribution in [3.8, 4) is 0 Å². The van der Waals surface area contributed by atoms with Crippen LogP contribution < -0.4 is 4.90 Å². The van der Waals surface area contributed by atoms with Crippen molar-refractivity contribution < 1.29 is 4.79 Å². The topological polar surface area (TPSA) is 32.7 Å². The van der Waals surface area contributed by atoms with Crippen molar-refractivity contribution >= 4 is 40.3 Å². The number of nitrogens with zero attached hydrogens (tertiary/aromatic N) is 2. The SMILES string of the molecule is CCc1ccccc1N=C1S/C(=C/c2ccccc2)C(=O)N1c1ccccc1CC. The van der Waals surface area contributed by atoms with Crippen LogP contribution in [0.15, 0.2) is 88.8 Å². The van der Waals surface area contributed by atoms with E-state index in [0.29, 0.717) is 10.1 Å². The highest BCUT2D eigenvalue weighted by Gasteiger charge is 2.35. The number of amides is 1. The lowest BCUT2D eigenvalue weighted by molar-refractivity contribution is -0.113. The van der Waals surface area contributed by atoms with Gasteiger partial charge >= 0.3 is 0 Å². The van der Waals surface area contributed by atoms with E-state index < -0.39 is 0 Å². The third-order valence-corrected chi connectivity index (χ3v) is 6.07.